The van der Waals surface area contributed by atoms with E-state index in [1.165, 1.54) is 28.6 Å². The van der Waals surface area contributed by atoms with E-state index in [0.29, 0.717) is 0 Å². The van der Waals surface area contributed by atoms with Crippen molar-refractivity contribution in [2.24, 2.45) is 0 Å². The van der Waals surface area contributed by atoms with E-state index in [0.717, 1.165) is 30.0 Å². The van der Waals surface area contributed by atoms with Gasteiger partial charge in [-0.15, -0.1) is 0 Å². The topological polar surface area (TPSA) is 89.8 Å². The summed E-state index contributed by atoms with van der Waals surface area (Å²) < 4.78 is 70.3. The maximum Gasteiger partial charge on any atom is 0.416 e. The molecule has 1 fully saturated rings. The molecule has 0 aromatic heterocycles. The van der Waals surface area contributed by atoms with Gasteiger partial charge in [-0.25, -0.2) is 8.42 Å². The smallest absolute Gasteiger partial charge is 0.379 e. The van der Waals surface area contributed by atoms with Gasteiger partial charge >= 0.3 is 6.18 Å². The minimum Gasteiger partial charge on any atom is -0.379 e. The van der Waals surface area contributed by atoms with Gasteiger partial charge in [0.05, 0.1) is 33.5 Å². The second kappa shape index (κ2) is 8.30. The molecule has 7 nitrogen and oxygen atoms in total. The Morgan fingerprint density at radius 2 is 1.79 bits per heavy atom. The Bertz CT molecular complexity index is 1020. The molecule has 2 aromatic rings. The summed E-state index contributed by atoms with van der Waals surface area (Å²) in [6, 6.07) is 7.75. The Labute approximate surface area is 168 Å². The average molecular weight is 448 g/mol. The van der Waals surface area contributed by atoms with Gasteiger partial charge in [-0.2, -0.15) is 17.5 Å². The molecule has 3 rings (SSSR count). The van der Waals surface area contributed by atoms with E-state index in [-0.39, 0.29) is 41.0 Å². The van der Waals surface area contributed by atoms with Crippen molar-refractivity contribution in [3.8, 4) is 0 Å². The molecule has 0 N–H and O–H groups in total. The molecular weight excluding hydrogens is 433 g/mol. The summed E-state index contributed by atoms with van der Waals surface area (Å²) in [4.78, 5) is 10.7. The second-order valence-electron chi connectivity index (χ2n) is 6.03. The number of benzene rings is 2. The van der Waals surface area contributed by atoms with Gasteiger partial charge in [-0.05, 0) is 30.3 Å². The Hall–Kier alpha value is -2.15. The number of hydrogen-bond donors (Lipinski definition) is 0. The first-order chi connectivity index (χ1) is 13.6. The van der Waals surface area contributed by atoms with Crippen molar-refractivity contribution in [3.05, 3.63) is 58.1 Å². The quantitative estimate of drug-likeness (QED) is 0.511. The zero-order chi connectivity index (χ0) is 21.2. The highest BCUT2D eigenvalue weighted by molar-refractivity contribution is 7.99. The van der Waals surface area contributed by atoms with Crippen LogP contribution >= 0.6 is 11.8 Å². The predicted molar refractivity (Wildman–Crippen MR) is 98.2 cm³/mol. The number of nitro groups is 1. The zero-order valence-corrected chi connectivity index (χ0v) is 16.4. The third-order valence-electron chi connectivity index (χ3n) is 4.12. The maximum absolute atomic E-state index is 12.9. The number of rotatable bonds is 5. The molecule has 2 aromatic carbocycles. The van der Waals surface area contributed by atoms with E-state index < -0.39 is 32.4 Å². The third kappa shape index (κ3) is 4.89. The number of nitrogens with zero attached hydrogens (tertiary/aromatic N) is 2. The lowest BCUT2D eigenvalue weighted by Crippen LogP contribution is -2.40. The van der Waals surface area contributed by atoms with Gasteiger partial charge in [-0.3, -0.25) is 10.1 Å². The van der Waals surface area contributed by atoms with Crippen molar-refractivity contribution >= 4 is 27.5 Å². The molecule has 0 saturated carbocycles. The van der Waals surface area contributed by atoms with Crippen molar-refractivity contribution in [3.63, 3.8) is 0 Å². The Morgan fingerprint density at radius 3 is 2.41 bits per heavy atom. The molecule has 1 heterocycles. The number of halogens is 3. The van der Waals surface area contributed by atoms with Crippen molar-refractivity contribution < 1.29 is 31.2 Å². The maximum atomic E-state index is 12.9. The molecule has 0 amide bonds. The number of ether oxygens (including phenoxy) is 1. The van der Waals surface area contributed by atoms with Crippen LogP contribution in [-0.2, 0) is 20.9 Å². The van der Waals surface area contributed by atoms with Crippen LogP contribution in [-0.4, -0.2) is 43.9 Å². The SMILES string of the molecule is O=[N+]([O-])c1cc(S(=O)(=O)N2CCOCC2)ccc1Sc1cccc(C(F)(F)F)c1. The van der Waals surface area contributed by atoms with Crippen LogP contribution < -0.4 is 0 Å². The Kier molecular flexibility index (Phi) is 6.17. The molecule has 1 aliphatic heterocycles. The third-order valence-corrected chi connectivity index (χ3v) is 7.07. The molecular formula is C17H15F3N2O5S2. The number of sulfonamides is 1. The molecule has 156 valence electrons. The van der Waals surface area contributed by atoms with Crippen molar-refractivity contribution in [2.75, 3.05) is 26.3 Å². The zero-order valence-electron chi connectivity index (χ0n) is 14.8. The van der Waals surface area contributed by atoms with Crippen LogP contribution in [0.2, 0.25) is 0 Å². The largest absolute Gasteiger partial charge is 0.416 e. The highest BCUT2D eigenvalue weighted by Crippen LogP contribution is 2.39. The van der Waals surface area contributed by atoms with Crippen LogP contribution in [0.4, 0.5) is 18.9 Å². The number of nitro benzene ring substituents is 1. The van der Waals surface area contributed by atoms with Gasteiger partial charge < -0.3 is 4.74 Å². The van der Waals surface area contributed by atoms with Gasteiger partial charge in [0.15, 0.2) is 0 Å². The van der Waals surface area contributed by atoms with Crippen molar-refractivity contribution in [2.45, 2.75) is 20.9 Å². The van der Waals surface area contributed by atoms with Crippen molar-refractivity contribution in [1.29, 1.82) is 0 Å². The lowest BCUT2D eigenvalue weighted by atomic mass is 10.2. The fourth-order valence-electron chi connectivity index (χ4n) is 2.69. The summed E-state index contributed by atoms with van der Waals surface area (Å²) in [6.07, 6.45) is -4.54. The van der Waals surface area contributed by atoms with Gasteiger partial charge in [0.2, 0.25) is 10.0 Å². The van der Waals surface area contributed by atoms with Crippen LogP contribution in [0, 0.1) is 10.1 Å². The normalized spacial score (nSPS) is 16.0. The van der Waals surface area contributed by atoms with Gasteiger partial charge in [0.1, 0.15) is 0 Å². The van der Waals surface area contributed by atoms with Gasteiger partial charge in [0, 0.05) is 24.1 Å². The summed E-state index contributed by atoms with van der Waals surface area (Å²) in [5, 5.41) is 11.5. The van der Waals surface area contributed by atoms with Crippen LogP contribution in [0.1, 0.15) is 5.56 Å². The van der Waals surface area contributed by atoms with Crippen LogP contribution in [0.25, 0.3) is 0 Å². The van der Waals surface area contributed by atoms with E-state index in [4.69, 9.17) is 4.74 Å². The Balaban J connectivity index is 1.94. The second-order valence-corrected chi connectivity index (χ2v) is 9.08. The first-order valence-electron chi connectivity index (χ1n) is 8.30. The lowest BCUT2D eigenvalue weighted by molar-refractivity contribution is -0.388. The molecule has 0 spiro atoms. The van der Waals surface area contributed by atoms with E-state index in [2.05, 4.69) is 0 Å². The summed E-state index contributed by atoms with van der Waals surface area (Å²) in [7, 11) is -3.94. The number of alkyl halides is 3. The van der Waals surface area contributed by atoms with Crippen LogP contribution in [0.5, 0.6) is 0 Å². The van der Waals surface area contributed by atoms with Gasteiger partial charge in [-0.1, -0.05) is 17.8 Å². The molecule has 0 bridgehead atoms. The van der Waals surface area contributed by atoms with E-state index >= 15 is 0 Å². The minimum absolute atomic E-state index is 0.0373. The molecule has 12 heteroatoms. The fraction of sp³-hybridized carbons (Fsp3) is 0.294. The molecule has 0 radical (unpaired) electrons. The summed E-state index contributed by atoms with van der Waals surface area (Å²) >= 11 is 0.758. The fourth-order valence-corrected chi connectivity index (χ4v) is 5.07. The first-order valence-corrected chi connectivity index (χ1v) is 10.6. The van der Waals surface area contributed by atoms with E-state index in [1.807, 2.05) is 0 Å². The van der Waals surface area contributed by atoms with Crippen LogP contribution in [0.15, 0.2) is 57.2 Å². The first kappa shape index (κ1) is 21.6. The standard InChI is InChI=1S/C17H15F3N2O5S2/c18-17(19,20)12-2-1-3-13(10-12)28-16-5-4-14(11-15(16)22(23)24)29(25,26)21-6-8-27-9-7-21/h1-5,10-11H,6-9H2. The predicted octanol–water partition coefficient (Wildman–Crippen LogP) is 3.79. The molecule has 0 atom stereocenters. The molecule has 29 heavy (non-hydrogen) atoms. The average Bonchev–Trinajstić information content (AvgIpc) is 2.68. The number of morpholine rings is 1. The lowest BCUT2D eigenvalue weighted by Gasteiger charge is -2.26. The summed E-state index contributed by atoms with van der Waals surface area (Å²) in [5.41, 5.74) is -1.38. The number of hydrogen-bond acceptors (Lipinski definition) is 6. The monoisotopic (exact) mass is 448 g/mol. The van der Waals surface area contributed by atoms with Crippen LogP contribution in [0.3, 0.4) is 0 Å². The highest BCUT2D eigenvalue weighted by atomic mass is 32.2. The highest BCUT2D eigenvalue weighted by Gasteiger charge is 2.31. The Morgan fingerprint density at radius 1 is 1.10 bits per heavy atom. The minimum atomic E-state index is -4.54. The summed E-state index contributed by atoms with van der Waals surface area (Å²) in [5.74, 6) is 0. The molecule has 0 aliphatic carbocycles. The molecule has 1 aliphatic rings. The molecule has 1 saturated heterocycles. The van der Waals surface area contributed by atoms with E-state index in [9.17, 15) is 31.7 Å². The summed E-state index contributed by atoms with van der Waals surface area (Å²) in [6.45, 7) is 0.726. The van der Waals surface area contributed by atoms with E-state index in [1.54, 1.807) is 0 Å². The van der Waals surface area contributed by atoms with Crippen molar-refractivity contribution in [1.82, 2.24) is 4.31 Å². The molecule has 0 unspecified atom stereocenters. The van der Waals surface area contributed by atoms with Gasteiger partial charge in [0.25, 0.3) is 5.69 Å².